The van der Waals surface area contributed by atoms with Crippen LogP contribution in [0.2, 0.25) is 0 Å². The summed E-state index contributed by atoms with van der Waals surface area (Å²) in [7, 11) is 0. The molecule has 0 unspecified atom stereocenters. The van der Waals surface area contributed by atoms with Gasteiger partial charge in [-0.3, -0.25) is 4.79 Å². The summed E-state index contributed by atoms with van der Waals surface area (Å²) >= 11 is 6.96. The van der Waals surface area contributed by atoms with E-state index in [2.05, 4.69) is 57.9 Å². The molecule has 0 aliphatic carbocycles. The van der Waals surface area contributed by atoms with Crippen molar-refractivity contribution in [3.05, 3.63) is 56.5 Å². The third-order valence-electron chi connectivity index (χ3n) is 3.61. The first-order chi connectivity index (χ1) is 11.2. The van der Waals surface area contributed by atoms with Crippen molar-refractivity contribution in [2.75, 3.05) is 11.9 Å². The molecule has 3 nitrogen and oxygen atoms in total. The first-order valence-electron chi connectivity index (χ1n) is 7.65. The van der Waals surface area contributed by atoms with Crippen LogP contribution in [-0.2, 0) is 10.2 Å². The molecule has 0 saturated carbocycles. The number of nitrogens with one attached hydrogen (secondary N) is 1. The van der Waals surface area contributed by atoms with Gasteiger partial charge in [0.25, 0.3) is 5.91 Å². The van der Waals surface area contributed by atoms with Crippen LogP contribution in [0.15, 0.2) is 45.3 Å². The summed E-state index contributed by atoms with van der Waals surface area (Å²) in [6, 6.07) is 11.6. The maximum absolute atomic E-state index is 12.1. The molecule has 1 amide bonds. The fourth-order valence-electron chi connectivity index (χ4n) is 2.13. The third kappa shape index (κ3) is 5.08. The van der Waals surface area contributed by atoms with Crippen LogP contribution < -0.4 is 10.1 Å². The number of anilines is 1. The van der Waals surface area contributed by atoms with Gasteiger partial charge in [0.05, 0.1) is 5.69 Å². The van der Waals surface area contributed by atoms with Crippen molar-refractivity contribution in [2.45, 2.75) is 33.1 Å². The predicted molar refractivity (Wildman–Crippen MR) is 106 cm³/mol. The van der Waals surface area contributed by atoms with E-state index in [0.717, 1.165) is 20.2 Å². The van der Waals surface area contributed by atoms with Crippen LogP contribution in [0.3, 0.4) is 0 Å². The third-order valence-corrected chi connectivity index (χ3v) is 5.15. The van der Waals surface area contributed by atoms with Crippen molar-refractivity contribution < 1.29 is 9.53 Å². The quantitative estimate of drug-likeness (QED) is 0.630. The lowest BCUT2D eigenvalue weighted by molar-refractivity contribution is -0.118. The SMILES string of the molecule is Cc1cc(OCC(=O)Nc2ccc(C(C)(C)C)cc2Br)ccc1Br. The van der Waals surface area contributed by atoms with Crippen LogP contribution in [0.1, 0.15) is 31.9 Å². The highest BCUT2D eigenvalue weighted by Gasteiger charge is 2.15. The Hall–Kier alpha value is -1.33. The number of aryl methyl sites for hydroxylation is 1. The van der Waals surface area contributed by atoms with E-state index in [9.17, 15) is 4.79 Å². The Morgan fingerprint density at radius 2 is 1.79 bits per heavy atom. The van der Waals surface area contributed by atoms with E-state index in [4.69, 9.17) is 4.74 Å². The second-order valence-electron chi connectivity index (χ2n) is 6.69. The largest absolute Gasteiger partial charge is 0.484 e. The smallest absolute Gasteiger partial charge is 0.262 e. The number of amides is 1. The second kappa shape index (κ2) is 7.70. The Kier molecular flexibility index (Phi) is 6.10. The van der Waals surface area contributed by atoms with E-state index in [1.54, 1.807) is 0 Å². The molecule has 0 aliphatic rings. The van der Waals surface area contributed by atoms with Crippen molar-refractivity contribution >= 4 is 43.5 Å². The lowest BCUT2D eigenvalue weighted by atomic mass is 9.87. The number of ether oxygens (including phenoxy) is 1. The van der Waals surface area contributed by atoms with Crippen LogP contribution in [0, 0.1) is 6.92 Å². The van der Waals surface area contributed by atoms with Crippen LogP contribution in [0.4, 0.5) is 5.69 Å². The average molecular weight is 455 g/mol. The minimum absolute atomic E-state index is 0.0332. The van der Waals surface area contributed by atoms with Crippen LogP contribution >= 0.6 is 31.9 Å². The molecule has 5 heteroatoms. The summed E-state index contributed by atoms with van der Waals surface area (Å²) in [5.74, 6) is 0.479. The molecule has 2 rings (SSSR count). The summed E-state index contributed by atoms with van der Waals surface area (Å²) in [4.78, 5) is 12.1. The molecule has 0 heterocycles. The molecule has 0 fully saturated rings. The number of rotatable bonds is 4. The average Bonchev–Trinajstić information content (AvgIpc) is 2.49. The molecule has 0 spiro atoms. The van der Waals surface area contributed by atoms with E-state index in [-0.39, 0.29) is 17.9 Å². The molecule has 2 aromatic carbocycles. The maximum Gasteiger partial charge on any atom is 0.262 e. The van der Waals surface area contributed by atoms with Crippen LogP contribution in [0.5, 0.6) is 5.75 Å². The van der Waals surface area contributed by atoms with Crippen molar-refractivity contribution in [3.8, 4) is 5.75 Å². The zero-order chi connectivity index (χ0) is 17.9. The lowest BCUT2D eigenvalue weighted by Crippen LogP contribution is -2.20. The minimum Gasteiger partial charge on any atom is -0.484 e. The predicted octanol–water partition coefficient (Wildman–Crippen LogP) is 5.84. The summed E-state index contributed by atoms with van der Waals surface area (Å²) in [5.41, 5.74) is 3.07. The van der Waals surface area contributed by atoms with Gasteiger partial charge in [-0.1, -0.05) is 42.8 Å². The van der Waals surface area contributed by atoms with E-state index < -0.39 is 0 Å². The number of carbonyl (C=O) groups is 1. The molecule has 0 saturated heterocycles. The molecule has 0 radical (unpaired) electrons. The zero-order valence-corrected chi connectivity index (χ0v) is 17.4. The topological polar surface area (TPSA) is 38.3 Å². The van der Waals surface area contributed by atoms with Gasteiger partial charge in [0.2, 0.25) is 0 Å². The van der Waals surface area contributed by atoms with E-state index in [1.165, 1.54) is 5.56 Å². The molecule has 128 valence electrons. The maximum atomic E-state index is 12.1. The summed E-state index contributed by atoms with van der Waals surface area (Å²) < 4.78 is 7.43. The Morgan fingerprint density at radius 3 is 2.38 bits per heavy atom. The lowest BCUT2D eigenvalue weighted by Gasteiger charge is -2.20. The first-order valence-corrected chi connectivity index (χ1v) is 9.24. The molecular formula is C19H21Br2NO2. The molecule has 24 heavy (non-hydrogen) atoms. The van der Waals surface area contributed by atoms with Crippen LogP contribution in [-0.4, -0.2) is 12.5 Å². The number of benzene rings is 2. The van der Waals surface area contributed by atoms with Gasteiger partial charge in [0, 0.05) is 8.95 Å². The summed E-state index contributed by atoms with van der Waals surface area (Å²) in [5, 5.41) is 2.87. The van der Waals surface area contributed by atoms with Crippen molar-refractivity contribution in [1.82, 2.24) is 0 Å². The Labute approximate surface area is 160 Å². The fourth-order valence-corrected chi connectivity index (χ4v) is 2.85. The van der Waals surface area contributed by atoms with E-state index in [1.807, 2.05) is 43.3 Å². The number of hydrogen-bond acceptors (Lipinski definition) is 2. The van der Waals surface area contributed by atoms with Gasteiger partial charge in [-0.15, -0.1) is 0 Å². The van der Waals surface area contributed by atoms with Crippen LogP contribution in [0.25, 0.3) is 0 Å². The van der Waals surface area contributed by atoms with Gasteiger partial charge in [0.1, 0.15) is 5.75 Å². The Balaban J connectivity index is 1.98. The molecule has 2 aromatic rings. The van der Waals surface area contributed by atoms with Gasteiger partial charge in [-0.25, -0.2) is 0 Å². The van der Waals surface area contributed by atoms with Gasteiger partial charge in [-0.2, -0.15) is 0 Å². The minimum atomic E-state index is -0.195. The van der Waals surface area contributed by atoms with E-state index in [0.29, 0.717) is 5.75 Å². The standard InChI is InChI=1S/C19H21Br2NO2/c1-12-9-14(6-7-15(12)20)24-11-18(23)22-17-8-5-13(10-16(17)21)19(2,3)4/h5-10H,11H2,1-4H3,(H,22,23). The molecular weight excluding hydrogens is 434 g/mol. The van der Waals surface area contributed by atoms with Gasteiger partial charge < -0.3 is 10.1 Å². The molecule has 0 aliphatic heterocycles. The highest BCUT2D eigenvalue weighted by molar-refractivity contribution is 9.10. The van der Waals surface area contributed by atoms with Crippen molar-refractivity contribution in [3.63, 3.8) is 0 Å². The fraction of sp³-hybridized carbons (Fsp3) is 0.316. The van der Waals surface area contributed by atoms with Crippen molar-refractivity contribution in [1.29, 1.82) is 0 Å². The zero-order valence-electron chi connectivity index (χ0n) is 14.2. The van der Waals surface area contributed by atoms with E-state index >= 15 is 0 Å². The van der Waals surface area contributed by atoms with Gasteiger partial charge in [0.15, 0.2) is 6.61 Å². The molecule has 0 atom stereocenters. The molecule has 0 aromatic heterocycles. The van der Waals surface area contributed by atoms with Crippen molar-refractivity contribution in [2.24, 2.45) is 0 Å². The molecule has 0 bridgehead atoms. The summed E-state index contributed by atoms with van der Waals surface area (Å²) in [6.07, 6.45) is 0. The monoisotopic (exact) mass is 453 g/mol. The van der Waals surface area contributed by atoms with Gasteiger partial charge >= 0.3 is 0 Å². The highest BCUT2D eigenvalue weighted by Crippen LogP contribution is 2.30. The number of halogens is 2. The Morgan fingerprint density at radius 1 is 1.08 bits per heavy atom. The first kappa shape index (κ1) is 19.0. The second-order valence-corrected chi connectivity index (χ2v) is 8.40. The summed E-state index contributed by atoms with van der Waals surface area (Å²) in [6.45, 7) is 8.41. The molecule has 1 N–H and O–H groups in total. The number of hydrogen-bond donors (Lipinski definition) is 1. The Bertz CT molecular complexity index is 752. The number of carbonyl (C=O) groups excluding carboxylic acids is 1. The normalized spacial score (nSPS) is 11.2. The van der Waals surface area contributed by atoms with Gasteiger partial charge in [-0.05, 0) is 69.7 Å². The highest BCUT2D eigenvalue weighted by atomic mass is 79.9.